The van der Waals surface area contributed by atoms with Crippen molar-refractivity contribution >= 4 is 65.3 Å². The Kier molecular flexibility index (Phi) is 5.22. The molecule has 214 valence electrons. The molecule has 0 spiro atoms. The van der Waals surface area contributed by atoms with E-state index in [1.807, 2.05) is 30.5 Å². The average molecular weight is 588 g/mol. The summed E-state index contributed by atoms with van der Waals surface area (Å²) in [4.78, 5) is 15.0. The van der Waals surface area contributed by atoms with Crippen LogP contribution in [0.1, 0.15) is 0 Å². The van der Waals surface area contributed by atoms with Crippen molar-refractivity contribution in [3.8, 4) is 22.9 Å². The van der Waals surface area contributed by atoms with Gasteiger partial charge in [-0.15, -0.1) is 0 Å². The van der Waals surface area contributed by atoms with Crippen molar-refractivity contribution in [3.63, 3.8) is 0 Å². The Labute approximate surface area is 263 Å². The predicted molar refractivity (Wildman–Crippen MR) is 189 cm³/mol. The van der Waals surface area contributed by atoms with Crippen LogP contribution < -0.4 is 0 Å². The third kappa shape index (κ3) is 3.42. The molecule has 5 heteroatoms. The van der Waals surface area contributed by atoms with Crippen LogP contribution in [0.5, 0.6) is 0 Å². The topological polar surface area (TPSA) is 48.5 Å². The van der Waals surface area contributed by atoms with Crippen molar-refractivity contribution in [1.29, 1.82) is 0 Å². The maximum absolute atomic E-state index is 5.32. The largest absolute Gasteiger partial charge is 0.309 e. The zero-order valence-electron chi connectivity index (χ0n) is 24.7. The van der Waals surface area contributed by atoms with Crippen molar-refractivity contribution in [1.82, 2.24) is 24.1 Å². The highest BCUT2D eigenvalue weighted by Crippen LogP contribution is 2.46. The standard InChI is InChI=1S/C41H25N5/c1-3-13-26(14-4-1)38-32-25-42-24-23-33(32)43-41(44-38)46-35-22-12-10-20-31(35)37-36-30-19-9-11-21-34(30)45(27-15-5-2-6-16-27)39(36)28-17-7-8-18-29(28)40(37)46/h1-25H. The summed E-state index contributed by atoms with van der Waals surface area (Å²) in [6.45, 7) is 0. The number of fused-ring (bicyclic) bond motifs is 11. The number of aromatic nitrogens is 5. The SMILES string of the molecule is c1ccc(-c2nc(-n3c4ccccc4c4c5c6ccccc6n(-c6ccccc6)c5c5ccccc5c43)nc3ccncc23)cc1. The minimum absolute atomic E-state index is 0.639. The van der Waals surface area contributed by atoms with Crippen molar-refractivity contribution < 1.29 is 0 Å². The first-order valence-electron chi connectivity index (χ1n) is 15.5. The molecule has 0 saturated carbocycles. The van der Waals surface area contributed by atoms with Crippen LogP contribution in [0.2, 0.25) is 0 Å². The van der Waals surface area contributed by atoms with E-state index >= 15 is 0 Å². The van der Waals surface area contributed by atoms with Crippen LogP contribution in [0.4, 0.5) is 0 Å². The minimum Gasteiger partial charge on any atom is -0.309 e. The number of para-hydroxylation sites is 3. The molecule has 0 unspecified atom stereocenters. The Hall–Kier alpha value is -6.33. The first-order valence-corrected chi connectivity index (χ1v) is 15.5. The second-order valence-electron chi connectivity index (χ2n) is 11.7. The molecule has 0 atom stereocenters. The monoisotopic (exact) mass is 587 g/mol. The zero-order valence-corrected chi connectivity index (χ0v) is 24.7. The predicted octanol–water partition coefficient (Wildman–Crippen LogP) is 10.0. The van der Waals surface area contributed by atoms with Gasteiger partial charge in [0.2, 0.25) is 5.95 Å². The summed E-state index contributed by atoms with van der Waals surface area (Å²) in [6.07, 6.45) is 3.67. The van der Waals surface area contributed by atoms with Crippen LogP contribution in [0.15, 0.2) is 152 Å². The molecule has 0 N–H and O–H groups in total. The molecule has 4 heterocycles. The quantitative estimate of drug-likeness (QED) is 0.207. The molecule has 0 radical (unpaired) electrons. The molecule has 46 heavy (non-hydrogen) atoms. The number of hydrogen-bond acceptors (Lipinski definition) is 3. The Balaban J connectivity index is 1.46. The van der Waals surface area contributed by atoms with Crippen LogP contribution in [-0.4, -0.2) is 24.1 Å². The van der Waals surface area contributed by atoms with Gasteiger partial charge in [0, 0.05) is 61.3 Å². The molecule has 4 aromatic heterocycles. The van der Waals surface area contributed by atoms with Gasteiger partial charge in [0.05, 0.1) is 33.3 Å². The van der Waals surface area contributed by atoms with Crippen LogP contribution in [0, 0.1) is 0 Å². The van der Waals surface area contributed by atoms with Gasteiger partial charge in [0.1, 0.15) is 0 Å². The summed E-state index contributed by atoms with van der Waals surface area (Å²) < 4.78 is 4.69. The third-order valence-electron chi connectivity index (χ3n) is 9.18. The van der Waals surface area contributed by atoms with Crippen LogP contribution in [0.25, 0.3) is 88.2 Å². The van der Waals surface area contributed by atoms with Crippen LogP contribution in [0.3, 0.4) is 0 Å². The smallest absolute Gasteiger partial charge is 0.235 e. The first-order chi connectivity index (χ1) is 22.9. The van der Waals surface area contributed by atoms with Crippen molar-refractivity contribution in [2.75, 3.05) is 0 Å². The van der Waals surface area contributed by atoms with E-state index in [1.54, 1.807) is 6.20 Å². The lowest BCUT2D eigenvalue weighted by molar-refractivity contribution is 1.01. The fourth-order valence-corrected chi connectivity index (χ4v) is 7.32. The Bertz CT molecular complexity index is 2790. The molecular formula is C41H25N5. The van der Waals surface area contributed by atoms with E-state index in [0.29, 0.717) is 5.95 Å². The lowest BCUT2D eigenvalue weighted by Crippen LogP contribution is -2.04. The lowest BCUT2D eigenvalue weighted by Gasteiger charge is -2.14. The maximum Gasteiger partial charge on any atom is 0.235 e. The van der Waals surface area contributed by atoms with Gasteiger partial charge in [-0.2, -0.15) is 0 Å². The van der Waals surface area contributed by atoms with Gasteiger partial charge < -0.3 is 4.57 Å². The van der Waals surface area contributed by atoms with Gasteiger partial charge in [0.25, 0.3) is 0 Å². The first kappa shape index (κ1) is 25.0. The van der Waals surface area contributed by atoms with Gasteiger partial charge in [-0.3, -0.25) is 9.55 Å². The zero-order chi connectivity index (χ0) is 30.2. The molecule has 6 aromatic carbocycles. The molecule has 0 amide bonds. The molecular weight excluding hydrogens is 562 g/mol. The Morgan fingerprint density at radius 2 is 0.978 bits per heavy atom. The normalized spacial score (nSPS) is 11.9. The van der Waals surface area contributed by atoms with Crippen molar-refractivity contribution in [2.24, 2.45) is 0 Å². The number of benzene rings is 6. The Morgan fingerprint density at radius 1 is 0.435 bits per heavy atom. The summed E-state index contributed by atoms with van der Waals surface area (Å²) >= 11 is 0. The van der Waals surface area contributed by atoms with Gasteiger partial charge in [-0.05, 0) is 30.3 Å². The highest BCUT2D eigenvalue weighted by Gasteiger charge is 2.25. The second kappa shape index (κ2) is 9.58. The third-order valence-corrected chi connectivity index (χ3v) is 9.18. The molecule has 0 aliphatic carbocycles. The van der Waals surface area contributed by atoms with Crippen molar-refractivity contribution in [2.45, 2.75) is 0 Å². The summed E-state index contributed by atoms with van der Waals surface area (Å²) in [5.74, 6) is 0.639. The number of hydrogen-bond donors (Lipinski definition) is 0. The number of nitrogens with zero attached hydrogens (tertiary/aromatic N) is 5. The fraction of sp³-hybridized carbons (Fsp3) is 0. The molecule has 0 fully saturated rings. The van der Waals surface area contributed by atoms with E-state index in [-0.39, 0.29) is 0 Å². The molecule has 10 rings (SSSR count). The summed E-state index contributed by atoms with van der Waals surface area (Å²) in [5, 5.41) is 8.09. The Morgan fingerprint density at radius 3 is 1.65 bits per heavy atom. The van der Waals surface area contributed by atoms with E-state index in [0.717, 1.165) is 44.3 Å². The van der Waals surface area contributed by atoms with Crippen LogP contribution in [-0.2, 0) is 0 Å². The minimum atomic E-state index is 0.639. The molecule has 0 saturated heterocycles. The summed E-state index contributed by atoms with van der Waals surface area (Å²) in [6, 6.07) is 49.2. The maximum atomic E-state index is 5.32. The van der Waals surface area contributed by atoms with Gasteiger partial charge in [-0.1, -0.05) is 109 Å². The molecule has 0 bridgehead atoms. The van der Waals surface area contributed by atoms with E-state index in [1.165, 1.54) is 38.0 Å². The molecule has 0 aliphatic rings. The molecule has 5 nitrogen and oxygen atoms in total. The van der Waals surface area contributed by atoms with E-state index in [9.17, 15) is 0 Å². The van der Waals surface area contributed by atoms with Gasteiger partial charge in [-0.25, -0.2) is 9.97 Å². The van der Waals surface area contributed by atoms with Crippen LogP contribution >= 0.6 is 0 Å². The average Bonchev–Trinajstić information content (AvgIpc) is 3.66. The van der Waals surface area contributed by atoms with Gasteiger partial charge in [0.15, 0.2) is 0 Å². The van der Waals surface area contributed by atoms with E-state index in [4.69, 9.17) is 9.97 Å². The molecule has 0 aliphatic heterocycles. The van der Waals surface area contributed by atoms with Crippen molar-refractivity contribution in [3.05, 3.63) is 152 Å². The summed E-state index contributed by atoms with van der Waals surface area (Å²) in [5.41, 5.74) is 8.45. The lowest BCUT2D eigenvalue weighted by atomic mass is 9.99. The number of pyridine rings is 1. The fourth-order valence-electron chi connectivity index (χ4n) is 7.32. The highest BCUT2D eigenvalue weighted by atomic mass is 15.2. The summed E-state index contributed by atoms with van der Waals surface area (Å²) in [7, 11) is 0. The van der Waals surface area contributed by atoms with E-state index in [2.05, 4.69) is 129 Å². The molecule has 10 aromatic rings. The van der Waals surface area contributed by atoms with E-state index < -0.39 is 0 Å². The highest BCUT2D eigenvalue weighted by molar-refractivity contribution is 6.37. The second-order valence-corrected chi connectivity index (χ2v) is 11.7. The van der Waals surface area contributed by atoms with Gasteiger partial charge >= 0.3 is 0 Å². The number of rotatable bonds is 3.